The number of rotatable bonds is 5. The van der Waals surface area contributed by atoms with E-state index in [1.54, 1.807) is 12.4 Å². The highest BCUT2D eigenvalue weighted by molar-refractivity contribution is 5.84. The largest absolute Gasteiger partial charge is 0.341 e. The molecule has 156 valence electrons. The molecule has 0 N–H and O–H groups in total. The summed E-state index contributed by atoms with van der Waals surface area (Å²) in [6.45, 7) is 1.96. The summed E-state index contributed by atoms with van der Waals surface area (Å²) in [5.74, 6) is 1.63. The summed E-state index contributed by atoms with van der Waals surface area (Å²) >= 11 is 0. The van der Waals surface area contributed by atoms with Crippen LogP contribution in [0.1, 0.15) is 18.4 Å². The van der Waals surface area contributed by atoms with Crippen LogP contribution in [-0.4, -0.2) is 38.4 Å². The minimum Gasteiger partial charge on any atom is -0.341 e. The average Bonchev–Trinajstić information content (AvgIpc) is 3.19. The highest BCUT2D eigenvalue weighted by atomic mass is 16.2. The number of piperidine rings is 1. The second-order valence-corrected chi connectivity index (χ2v) is 8.26. The molecule has 0 aliphatic carbocycles. The van der Waals surface area contributed by atoms with Gasteiger partial charge in [-0.2, -0.15) is 0 Å². The lowest BCUT2D eigenvalue weighted by molar-refractivity contribution is -0.133. The van der Waals surface area contributed by atoms with Crippen LogP contribution in [0.25, 0.3) is 22.4 Å². The van der Waals surface area contributed by atoms with Crippen molar-refractivity contribution in [2.24, 2.45) is 5.92 Å². The molecule has 1 amide bonds. The van der Waals surface area contributed by atoms with Gasteiger partial charge in [0.25, 0.3) is 0 Å². The van der Waals surface area contributed by atoms with Crippen LogP contribution in [0.2, 0.25) is 0 Å². The molecule has 1 saturated heterocycles. The van der Waals surface area contributed by atoms with Gasteiger partial charge in [0.05, 0.1) is 11.0 Å². The van der Waals surface area contributed by atoms with Crippen molar-refractivity contribution in [1.29, 1.82) is 0 Å². The third-order valence-electron chi connectivity index (χ3n) is 6.22. The Kier molecular flexibility index (Phi) is 5.48. The van der Waals surface area contributed by atoms with Crippen molar-refractivity contribution in [2.45, 2.75) is 25.8 Å². The van der Waals surface area contributed by atoms with Gasteiger partial charge in [-0.1, -0.05) is 42.5 Å². The zero-order valence-corrected chi connectivity index (χ0v) is 17.5. The van der Waals surface area contributed by atoms with Crippen LogP contribution in [-0.2, 0) is 17.8 Å². The van der Waals surface area contributed by atoms with Crippen LogP contribution in [0, 0.1) is 5.92 Å². The van der Waals surface area contributed by atoms with Crippen molar-refractivity contribution < 1.29 is 4.79 Å². The molecule has 3 heterocycles. The number of imidazole rings is 1. The molecule has 5 nitrogen and oxygen atoms in total. The molecule has 1 aliphatic rings. The van der Waals surface area contributed by atoms with Crippen molar-refractivity contribution in [3.8, 4) is 11.4 Å². The van der Waals surface area contributed by atoms with Crippen molar-refractivity contribution in [1.82, 2.24) is 19.4 Å². The number of likely N-dealkylation sites (tertiary alicyclic amines) is 1. The van der Waals surface area contributed by atoms with E-state index in [0.717, 1.165) is 54.8 Å². The molecular formula is C26H26N4O. The van der Waals surface area contributed by atoms with E-state index in [-0.39, 0.29) is 5.91 Å². The molecule has 0 atom stereocenters. The number of nitrogens with zero attached hydrogens (tertiary/aromatic N) is 4. The zero-order valence-electron chi connectivity index (χ0n) is 17.5. The molecule has 2 aromatic heterocycles. The van der Waals surface area contributed by atoms with Gasteiger partial charge in [0.1, 0.15) is 12.4 Å². The Labute approximate surface area is 182 Å². The van der Waals surface area contributed by atoms with E-state index in [1.807, 2.05) is 45.9 Å². The Hall–Kier alpha value is -3.47. The Morgan fingerprint density at radius 2 is 1.61 bits per heavy atom. The van der Waals surface area contributed by atoms with E-state index in [0.29, 0.717) is 12.5 Å². The fraction of sp³-hybridized carbons (Fsp3) is 0.269. The van der Waals surface area contributed by atoms with Gasteiger partial charge in [-0.3, -0.25) is 9.78 Å². The predicted octanol–water partition coefficient (Wildman–Crippen LogP) is 4.58. The maximum Gasteiger partial charge on any atom is 0.242 e. The van der Waals surface area contributed by atoms with Gasteiger partial charge in [-0.25, -0.2) is 4.98 Å². The molecule has 0 unspecified atom stereocenters. The molecule has 0 spiro atoms. The highest BCUT2D eigenvalue weighted by Gasteiger charge is 2.24. The van der Waals surface area contributed by atoms with Gasteiger partial charge in [0.15, 0.2) is 0 Å². The quantitative estimate of drug-likeness (QED) is 0.484. The third kappa shape index (κ3) is 4.22. The number of benzene rings is 2. The van der Waals surface area contributed by atoms with Crippen LogP contribution in [0.5, 0.6) is 0 Å². The summed E-state index contributed by atoms with van der Waals surface area (Å²) in [7, 11) is 0. The fourth-order valence-electron chi connectivity index (χ4n) is 4.53. The highest BCUT2D eigenvalue weighted by Crippen LogP contribution is 2.26. The first kappa shape index (κ1) is 19.5. The molecule has 2 aromatic carbocycles. The molecule has 0 saturated carbocycles. The maximum absolute atomic E-state index is 13.2. The van der Waals surface area contributed by atoms with Crippen molar-refractivity contribution >= 4 is 16.9 Å². The number of fused-ring (bicyclic) bond motifs is 1. The van der Waals surface area contributed by atoms with E-state index in [9.17, 15) is 4.79 Å². The first-order valence-corrected chi connectivity index (χ1v) is 11.0. The minimum absolute atomic E-state index is 0.164. The van der Waals surface area contributed by atoms with Crippen molar-refractivity contribution in [2.75, 3.05) is 13.1 Å². The van der Waals surface area contributed by atoms with Crippen molar-refractivity contribution in [3.63, 3.8) is 0 Å². The lowest BCUT2D eigenvalue weighted by atomic mass is 9.90. The van der Waals surface area contributed by atoms with Gasteiger partial charge < -0.3 is 9.47 Å². The Morgan fingerprint density at radius 1 is 0.903 bits per heavy atom. The molecule has 1 fully saturated rings. The third-order valence-corrected chi connectivity index (χ3v) is 6.22. The average molecular weight is 411 g/mol. The summed E-state index contributed by atoms with van der Waals surface area (Å²) in [4.78, 5) is 24.2. The molecule has 4 aromatic rings. The minimum atomic E-state index is 0.164. The van der Waals surface area contributed by atoms with Crippen LogP contribution >= 0.6 is 0 Å². The number of carbonyl (C=O) groups excluding carboxylic acids is 1. The van der Waals surface area contributed by atoms with E-state index in [1.165, 1.54) is 5.56 Å². The van der Waals surface area contributed by atoms with Gasteiger partial charge >= 0.3 is 0 Å². The number of pyridine rings is 1. The van der Waals surface area contributed by atoms with Gasteiger partial charge in [-0.05, 0) is 55.0 Å². The topological polar surface area (TPSA) is 51.0 Å². The van der Waals surface area contributed by atoms with Crippen LogP contribution in [0.15, 0.2) is 79.1 Å². The number of hydrogen-bond acceptors (Lipinski definition) is 3. The summed E-state index contributed by atoms with van der Waals surface area (Å²) in [5.41, 5.74) is 4.25. The lowest BCUT2D eigenvalue weighted by Crippen LogP contribution is -2.40. The van der Waals surface area contributed by atoms with E-state index in [2.05, 4.69) is 35.3 Å². The second-order valence-electron chi connectivity index (χ2n) is 8.26. The summed E-state index contributed by atoms with van der Waals surface area (Å²) in [6.07, 6.45) is 6.74. The smallest absolute Gasteiger partial charge is 0.242 e. The van der Waals surface area contributed by atoms with Gasteiger partial charge in [0.2, 0.25) is 5.91 Å². The molecule has 31 heavy (non-hydrogen) atoms. The first-order valence-electron chi connectivity index (χ1n) is 11.0. The summed E-state index contributed by atoms with van der Waals surface area (Å²) < 4.78 is 2.04. The Morgan fingerprint density at radius 3 is 2.39 bits per heavy atom. The fourth-order valence-corrected chi connectivity index (χ4v) is 4.53. The molecule has 0 bridgehead atoms. The maximum atomic E-state index is 13.2. The number of carbonyl (C=O) groups is 1. The molecular weight excluding hydrogens is 384 g/mol. The summed E-state index contributed by atoms with van der Waals surface area (Å²) in [5, 5.41) is 0. The molecule has 0 radical (unpaired) electrons. The normalized spacial score (nSPS) is 14.8. The van der Waals surface area contributed by atoms with Crippen LogP contribution in [0.3, 0.4) is 0 Å². The number of aromatic nitrogens is 3. The van der Waals surface area contributed by atoms with Crippen molar-refractivity contribution in [3.05, 3.63) is 84.7 Å². The van der Waals surface area contributed by atoms with Crippen LogP contribution in [0.4, 0.5) is 0 Å². The SMILES string of the molecule is O=C(Cn1c(-c2ccncc2)nc2ccccc21)N1CCC(Cc2ccccc2)CC1. The van der Waals surface area contributed by atoms with Gasteiger partial charge in [0, 0.05) is 31.0 Å². The van der Waals surface area contributed by atoms with Crippen LogP contribution < -0.4 is 0 Å². The Bertz CT molecular complexity index is 1160. The number of para-hydroxylation sites is 2. The first-order chi connectivity index (χ1) is 15.3. The summed E-state index contributed by atoms with van der Waals surface area (Å²) in [6, 6.07) is 22.5. The van der Waals surface area contributed by atoms with Gasteiger partial charge in [-0.15, -0.1) is 0 Å². The number of hydrogen-bond donors (Lipinski definition) is 0. The van der Waals surface area contributed by atoms with E-state index >= 15 is 0 Å². The van der Waals surface area contributed by atoms with E-state index < -0.39 is 0 Å². The zero-order chi connectivity index (χ0) is 21.0. The number of amides is 1. The molecule has 1 aliphatic heterocycles. The molecule has 5 rings (SSSR count). The second kappa shape index (κ2) is 8.72. The standard InChI is InChI=1S/C26H26N4O/c31-25(29-16-12-21(13-17-29)18-20-6-2-1-3-7-20)19-30-24-9-5-4-8-23(24)28-26(30)22-10-14-27-15-11-22/h1-11,14-15,21H,12-13,16-19H2. The lowest BCUT2D eigenvalue weighted by Gasteiger charge is -2.32. The predicted molar refractivity (Wildman–Crippen MR) is 122 cm³/mol. The monoisotopic (exact) mass is 410 g/mol. The molecule has 5 heteroatoms. The van der Waals surface area contributed by atoms with E-state index in [4.69, 9.17) is 4.98 Å². The Balaban J connectivity index is 1.31.